The molecule has 0 aromatic heterocycles. The van der Waals surface area contributed by atoms with E-state index in [2.05, 4.69) is 21.2 Å². The maximum absolute atomic E-state index is 14.2. The van der Waals surface area contributed by atoms with Crippen molar-refractivity contribution in [3.05, 3.63) is 94.0 Å². The molecule has 0 aliphatic rings. The largest absolute Gasteiger partial charge is 0.495 e. The standard InChI is InChI=1S/C31H38BrN3O5S/c1-5-6-17-33-31(37)28(20-24-11-8-7-9-12-24)34(21-25-13-10-14-26(32)19-25)30(36)22-35(41(4,38)39)27-18-23(2)15-16-29(27)40-3/h7-16,18-19,28H,5-6,17,20-22H2,1-4H3,(H,33,37). The summed E-state index contributed by atoms with van der Waals surface area (Å²) in [6.07, 6.45) is 3.04. The molecule has 10 heteroatoms. The first kappa shape index (κ1) is 32.1. The molecule has 0 aliphatic heterocycles. The van der Waals surface area contributed by atoms with Crippen LogP contribution in [0.1, 0.15) is 36.5 Å². The molecule has 0 fully saturated rings. The summed E-state index contributed by atoms with van der Waals surface area (Å²) in [5.41, 5.74) is 2.75. The molecule has 0 saturated heterocycles. The van der Waals surface area contributed by atoms with E-state index in [1.165, 1.54) is 12.0 Å². The first-order chi connectivity index (χ1) is 19.5. The Morgan fingerprint density at radius 1 is 1.00 bits per heavy atom. The second-order valence-electron chi connectivity index (χ2n) is 9.95. The van der Waals surface area contributed by atoms with E-state index in [0.29, 0.717) is 12.3 Å². The van der Waals surface area contributed by atoms with Crippen LogP contribution < -0.4 is 14.4 Å². The van der Waals surface area contributed by atoms with Crippen LogP contribution in [0.25, 0.3) is 0 Å². The summed E-state index contributed by atoms with van der Waals surface area (Å²) in [4.78, 5) is 29.3. The lowest BCUT2D eigenvalue weighted by atomic mass is 10.0. The van der Waals surface area contributed by atoms with Crippen molar-refractivity contribution in [3.8, 4) is 5.75 Å². The van der Waals surface area contributed by atoms with Crippen molar-refractivity contribution < 1.29 is 22.7 Å². The van der Waals surface area contributed by atoms with Crippen LogP contribution in [0.2, 0.25) is 0 Å². The van der Waals surface area contributed by atoms with Gasteiger partial charge in [0, 0.05) is 24.0 Å². The van der Waals surface area contributed by atoms with E-state index in [1.807, 2.05) is 68.4 Å². The third-order valence-corrected chi connectivity index (χ3v) is 8.24. The van der Waals surface area contributed by atoms with Crippen molar-refractivity contribution in [3.63, 3.8) is 0 Å². The van der Waals surface area contributed by atoms with E-state index in [-0.39, 0.29) is 24.6 Å². The van der Waals surface area contributed by atoms with Gasteiger partial charge in [-0.1, -0.05) is 77.8 Å². The van der Waals surface area contributed by atoms with E-state index in [9.17, 15) is 18.0 Å². The van der Waals surface area contributed by atoms with Crippen LogP contribution in [-0.2, 0) is 32.6 Å². The van der Waals surface area contributed by atoms with Crippen molar-refractivity contribution in [2.45, 2.75) is 45.7 Å². The molecule has 0 aliphatic carbocycles. The van der Waals surface area contributed by atoms with Crippen molar-refractivity contribution in [2.75, 3.05) is 30.8 Å². The fourth-order valence-corrected chi connectivity index (χ4v) is 5.77. The number of nitrogens with one attached hydrogen (secondary N) is 1. The highest BCUT2D eigenvalue weighted by Crippen LogP contribution is 2.31. The summed E-state index contributed by atoms with van der Waals surface area (Å²) in [6.45, 7) is 3.96. The number of hydrogen-bond acceptors (Lipinski definition) is 5. The summed E-state index contributed by atoms with van der Waals surface area (Å²) < 4.78 is 33.4. The van der Waals surface area contributed by atoms with Crippen LogP contribution >= 0.6 is 15.9 Å². The fraction of sp³-hybridized carbons (Fsp3) is 0.355. The number of aryl methyl sites for hydroxylation is 1. The second-order valence-corrected chi connectivity index (χ2v) is 12.8. The minimum atomic E-state index is -3.90. The number of nitrogens with zero attached hydrogens (tertiary/aromatic N) is 2. The minimum Gasteiger partial charge on any atom is -0.495 e. The summed E-state index contributed by atoms with van der Waals surface area (Å²) in [5.74, 6) is -0.472. The normalized spacial score (nSPS) is 11.9. The number of methoxy groups -OCH3 is 1. The monoisotopic (exact) mass is 643 g/mol. The Kier molecular flexibility index (Phi) is 11.8. The Morgan fingerprint density at radius 2 is 1.71 bits per heavy atom. The van der Waals surface area contributed by atoms with Gasteiger partial charge in [0.1, 0.15) is 18.3 Å². The predicted molar refractivity (Wildman–Crippen MR) is 166 cm³/mol. The average Bonchev–Trinajstić information content (AvgIpc) is 2.93. The average molecular weight is 645 g/mol. The second kappa shape index (κ2) is 15.0. The Morgan fingerprint density at radius 3 is 2.34 bits per heavy atom. The van der Waals surface area contributed by atoms with Gasteiger partial charge in [-0.3, -0.25) is 13.9 Å². The van der Waals surface area contributed by atoms with Crippen LogP contribution in [0, 0.1) is 6.92 Å². The summed E-state index contributed by atoms with van der Waals surface area (Å²) in [7, 11) is -2.45. The third-order valence-electron chi connectivity index (χ3n) is 6.62. The van der Waals surface area contributed by atoms with Gasteiger partial charge in [-0.05, 0) is 54.3 Å². The molecule has 3 aromatic carbocycles. The molecule has 0 spiro atoms. The molecule has 1 atom stereocenters. The lowest BCUT2D eigenvalue weighted by Gasteiger charge is -2.34. The van der Waals surface area contributed by atoms with Crippen molar-refractivity contribution >= 4 is 43.5 Å². The van der Waals surface area contributed by atoms with Crippen molar-refractivity contribution in [1.82, 2.24) is 10.2 Å². The van der Waals surface area contributed by atoms with Crippen LogP contribution in [0.15, 0.2) is 77.3 Å². The van der Waals surface area contributed by atoms with E-state index < -0.39 is 28.5 Å². The molecule has 1 unspecified atom stereocenters. The van der Waals surface area contributed by atoms with Crippen LogP contribution in [-0.4, -0.2) is 57.6 Å². The van der Waals surface area contributed by atoms with Crippen molar-refractivity contribution in [2.24, 2.45) is 0 Å². The van der Waals surface area contributed by atoms with E-state index in [4.69, 9.17) is 4.74 Å². The van der Waals surface area contributed by atoms with E-state index in [0.717, 1.165) is 44.6 Å². The maximum Gasteiger partial charge on any atom is 0.244 e. The number of benzene rings is 3. The van der Waals surface area contributed by atoms with Gasteiger partial charge >= 0.3 is 0 Å². The Labute approximate surface area is 251 Å². The Balaban J connectivity index is 2.08. The summed E-state index contributed by atoms with van der Waals surface area (Å²) in [6, 6.07) is 21.3. The predicted octanol–water partition coefficient (Wildman–Crippen LogP) is 5.09. The third kappa shape index (κ3) is 9.33. The fourth-order valence-electron chi connectivity index (χ4n) is 4.48. The molecular weight excluding hydrogens is 606 g/mol. The van der Waals surface area contributed by atoms with Gasteiger partial charge in [-0.15, -0.1) is 0 Å². The maximum atomic E-state index is 14.2. The zero-order valence-corrected chi connectivity index (χ0v) is 26.4. The number of carbonyl (C=O) groups is 2. The number of hydrogen-bond donors (Lipinski definition) is 1. The Bertz CT molecular complexity index is 1430. The van der Waals surface area contributed by atoms with Gasteiger partial charge in [0.15, 0.2) is 0 Å². The molecule has 0 heterocycles. The molecule has 0 saturated carbocycles. The van der Waals surface area contributed by atoms with Gasteiger partial charge in [0.05, 0.1) is 19.1 Å². The highest BCUT2D eigenvalue weighted by molar-refractivity contribution is 9.10. The number of carbonyl (C=O) groups excluding carboxylic acids is 2. The van der Waals surface area contributed by atoms with Crippen LogP contribution in [0.3, 0.4) is 0 Å². The Hall–Kier alpha value is -3.37. The number of unbranched alkanes of at least 4 members (excludes halogenated alkanes) is 1. The highest BCUT2D eigenvalue weighted by atomic mass is 79.9. The van der Waals surface area contributed by atoms with Gasteiger partial charge in [0.2, 0.25) is 21.8 Å². The number of anilines is 1. The number of halogens is 1. The zero-order valence-electron chi connectivity index (χ0n) is 24.0. The summed E-state index contributed by atoms with van der Waals surface area (Å²) >= 11 is 3.49. The number of rotatable bonds is 14. The number of sulfonamides is 1. The van der Waals surface area contributed by atoms with E-state index in [1.54, 1.807) is 18.2 Å². The molecule has 3 aromatic rings. The van der Waals surface area contributed by atoms with Gasteiger partial charge in [-0.25, -0.2) is 8.42 Å². The highest BCUT2D eigenvalue weighted by Gasteiger charge is 2.33. The van der Waals surface area contributed by atoms with Crippen molar-refractivity contribution in [1.29, 1.82) is 0 Å². The molecular formula is C31H38BrN3O5S. The lowest BCUT2D eigenvalue weighted by molar-refractivity contribution is -0.140. The molecule has 0 bridgehead atoms. The topological polar surface area (TPSA) is 96.0 Å². The van der Waals surface area contributed by atoms with E-state index >= 15 is 0 Å². The lowest BCUT2D eigenvalue weighted by Crippen LogP contribution is -2.53. The van der Waals surface area contributed by atoms with Gasteiger partial charge < -0.3 is 15.0 Å². The smallest absolute Gasteiger partial charge is 0.244 e. The quantitative estimate of drug-likeness (QED) is 0.247. The molecule has 41 heavy (non-hydrogen) atoms. The first-order valence-corrected chi connectivity index (χ1v) is 16.2. The van der Waals surface area contributed by atoms with Gasteiger partial charge in [-0.2, -0.15) is 0 Å². The summed E-state index contributed by atoms with van der Waals surface area (Å²) in [5, 5.41) is 2.98. The number of amides is 2. The molecule has 8 nitrogen and oxygen atoms in total. The zero-order chi connectivity index (χ0) is 30.0. The molecule has 1 N–H and O–H groups in total. The first-order valence-electron chi connectivity index (χ1n) is 13.5. The molecule has 220 valence electrons. The van der Waals surface area contributed by atoms with Crippen LogP contribution in [0.5, 0.6) is 5.75 Å². The number of ether oxygens (including phenoxy) is 1. The molecule has 3 rings (SSSR count). The van der Waals surface area contributed by atoms with Crippen LogP contribution in [0.4, 0.5) is 5.69 Å². The minimum absolute atomic E-state index is 0.111. The molecule has 0 radical (unpaired) electrons. The molecule has 2 amide bonds. The van der Waals surface area contributed by atoms with Gasteiger partial charge in [0.25, 0.3) is 0 Å². The SMILES string of the molecule is CCCCNC(=O)C(Cc1ccccc1)N(Cc1cccc(Br)c1)C(=O)CN(c1cc(C)ccc1OC)S(C)(=O)=O.